The van der Waals surface area contributed by atoms with Crippen molar-refractivity contribution < 1.29 is 50.5 Å². The van der Waals surface area contributed by atoms with Gasteiger partial charge in [0.05, 0.1) is 19.8 Å². The third-order valence-corrected chi connectivity index (χ3v) is 4.72. The highest BCUT2D eigenvalue weighted by molar-refractivity contribution is 5.69. The lowest BCUT2D eigenvalue weighted by molar-refractivity contribution is -0.376. The molecule has 0 bridgehead atoms. The molecular weight excluding hydrogens is 470 g/mol. The van der Waals surface area contributed by atoms with Gasteiger partial charge in [0.1, 0.15) is 11.5 Å². The molecule has 2 aromatic carbocycles. The quantitative estimate of drug-likeness (QED) is 0.260. The minimum Gasteiger partial charge on any atom is -0.493 e. The monoisotopic (exact) mass is 494 g/mol. The molecule has 2 rings (SSSR count). The van der Waals surface area contributed by atoms with Crippen LogP contribution in [0.3, 0.4) is 0 Å². The van der Waals surface area contributed by atoms with Crippen LogP contribution in [0.2, 0.25) is 0 Å². The number of benzene rings is 2. The molecule has 0 amide bonds. The van der Waals surface area contributed by atoms with Crippen molar-refractivity contribution in [2.45, 2.75) is 44.1 Å². The Bertz CT molecular complexity index is 928. The van der Waals surface area contributed by atoms with E-state index in [1.54, 1.807) is 25.1 Å². The summed E-state index contributed by atoms with van der Waals surface area (Å²) in [5.74, 6) is -0.0342. The van der Waals surface area contributed by atoms with Gasteiger partial charge < -0.3 is 19.3 Å². The van der Waals surface area contributed by atoms with Gasteiger partial charge in [-0.25, -0.2) is 0 Å². The maximum Gasteiger partial charge on any atom is 0.430 e. The molecule has 0 radical (unpaired) electrons. The molecule has 34 heavy (non-hydrogen) atoms. The summed E-state index contributed by atoms with van der Waals surface area (Å²) in [6.07, 6.45) is -11.0. The number of alkyl halides is 6. The van der Waals surface area contributed by atoms with E-state index in [2.05, 4.69) is 0 Å². The lowest BCUT2D eigenvalue weighted by Crippen LogP contribution is -2.53. The Morgan fingerprint density at radius 2 is 1.44 bits per heavy atom. The molecule has 188 valence electrons. The molecule has 0 fully saturated rings. The Kier molecular flexibility index (Phi) is 9.20. The summed E-state index contributed by atoms with van der Waals surface area (Å²) in [5, 5.41) is 9.48. The highest BCUT2D eigenvalue weighted by Crippen LogP contribution is 2.50. The Morgan fingerprint density at radius 3 is 2.00 bits per heavy atom. The van der Waals surface area contributed by atoms with Crippen molar-refractivity contribution in [1.82, 2.24) is 0 Å². The van der Waals surface area contributed by atoms with Crippen molar-refractivity contribution in [2.75, 3.05) is 19.8 Å². The standard InChI is InChI=1S/C23H24F6O5/c1-2-32-20(30)11-10-16-6-3-8-18(14-16)33-12-5-13-34-19-9-4-7-17(15-19)21(31,22(24,25)26)23(27,28)29/h3-4,6-9,14-15,31H,2,5,10-13H2,1H3. The summed E-state index contributed by atoms with van der Waals surface area (Å²) >= 11 is 0. The molecule has 0 saturated heterocycles. The first-order valence-electron chi connectivity index (χ1n) is 10.3. The van der Waals surface area contributed by atoms with E-state index in [4.69, 9.17) is 14.2 Å². The molecule has 0 aromatic heterocycles. The van der Waals surface area contributed by atoms with Gasteiger partial charge in [-0.3, -0.25) is 4.79 Å². The van der Waals surface area contributed by atoms with Gasteiger partial charge in [-0.05, 0) is 43.2 Å². The summed E-state index contributed by atoms with van der Waals surface area (Å²) in [5.41, 5.74) is -5.54. The molecule has 2 aromatic rings. The molecular formula is C23H24F6O5. The summed E-state index contributed by atoms with van der Waals surface area (Å²) < 4.78 is 93.9. The van der Waals surface area contributed by atoms with Crippen LogP contribution in [-0.4, -0.2) is 43.2 Å². The lowest BCUT2D eigenvalue weighted by atomic mass is 9.92. The number of hydrogen-bond donors (Lipinski definition) is 1. The van der Waals surface area contributed by atoms with Crippen LogP contribution in [0.4, 0.5) is 26.3 Å². The van der Waals surface area contributed by atoms with Crippen LogP contribution < -0.4 is 9.47 Å². The zero-order chi connectivity index (χ0) is 25.4. The van der Waals surface area contributed by atoms with E-state index in [9.17, 15) is 36.2 Å². The Balaban J connectivity index is 1.89. The predicted octanol–water partition coefficient (Wildman–Crippen LogP) is 5.34. The van der Waals surface area contributed by atoms with E-state index in [1.807, 2.05) is 6.07 Å². The molecule has 0 spiro atoms. The van der Waals surface area contributed by atoms with Gasteiger partial charge in [-0.15, -0.1) is 0 Å². The van der Waals surface area contributed by atoms with E-state index >= 15 is 0 Å². The Labute approximate surface area is 192 Å². The van der Waals surface area contributed by atoms with Crippen molar-refractivity contribution in [3.05, 3.63) is 59.7 Å². The van der Waals surface area contributed by atoms with Crippen molar-refractivity contribution in [3.8, 4) is 11.5 Å². The van der Waals surface area contributed by atoms with Gasteiger partial charge >= 0.3 is 18.3 Å². The molecule has 0 aliphatic carbocycles. The van der Waals surface area contributed by atoms with Crippen molar-refractivity contribution in [1.29, 1.82) is 0 Å². The van der Waals surface area contributed by atoms with Crippen LogP contribution in [0.1, 0.15) is 30.9 Å². The van der Waals surface area contributed by atoms with Crippen LogP contribution in [0.25, 0.3) is 0 Å². The normalized spacial score (nSPS) is 12.4. The van der Waals surface area contributed by atoms with E-state index in [0.29, 0.717) is 30.9 Å². The zero-order valence-electron chi connectivity index (χ0n) is 18.2. The number of esters is 1. The number of carbonyl (C=O) groups excluding carboxylic acids is 1. The minimum absolute atomic E-state index is 0.0531. The Hall–Kier alpha value is -2.95. The Morgan fingerprint density at radius 1 is 0.882 bits per heavy atom. The van der Waals surface area contributed by atoms with Crippen LogP contribution >= 0.6 is 0 Å². The third-order valence-electron chi connectivity index (χ3n) is 4.72. The molecule has 11 heteroatoms. The third kappa shape index (κ3) is 7.02. The first kappa shape index (κ1) is 27.3. The van der Waals surface area contributed by atoms with Gasteiger partial charge in [0.2, 0.25) is 0 Å². The van der Waals surface area contributed by atoms with E-state index < -0.39 is 23.5 Å². The second-order valence-electron chi connectivity index (χ2n) is 7.24. The number of carbonyl (C=O) groups is 1. The van der Waals surface area contributed by atoms with Gasteiger partial charge in [0.25, 0.3) is 5.60 Å². The first-order valence-corrected chi connectivity index (χ1v) is 10.3. The van der Waals surface area contributed by atoms with Crippen LogP contribution in [0, 0.1) is 0 Å². The zero-order valence-corrected chi connectivity index (χ0v) is 18.2. The fraction of sp³-hybridized carbons (Fsp3) is 0.435. The number of aryl methyl sites for hydroxylation is 1. The number of aliphatic hydroxyl groups is 1. The first-order chi connectivity index (χ1) is 15.9. The van der Waals surface area contributed by atoms with Crippen molar-refractivity contribution in [3.63, 3.8) is 0 Å². The fourth-order valence-electron chi connectivity index (χ4n) is 3.01. The number of rotatable bonds is 11. The highest BCUT2D eigenvalue weighted by atomic mass is 19.4. The fourth-order valence-corrected chi connectivity index (χ4v) is 3.01. The van der Waals surface area contributed by atoms with Gasteiger partial charge in [-0.2, -0.15) is 26.3 Å². The van der Waals surface area contributed by atoms with E-state index in [0.717, 1.165) is 11.6 Å². The molecule has 0 aliphatic heterocycles. The molecule has 0 saturated carbocycles. The van der Waals surface area contributed by atoms with Crippen molar-refractivity contribution in [2.24, 2.45) is 0 Å². The maximum atomic E-state index is 13.0. The second kappa shape index (κ2) is 11.5. The maximum absolute atomic E-state index is 13.0. The predicted molar refractivity (Wildman–Crippen MR) is 109 cm³/mol. The molecule has 0 atom stereocenters. The highest BCUT2D eigenvalue weighted by Gasteiger charge is 2.71. The SMILES string of the molecule is CCOC(=O)CCc1cccc(OCCCOc2cccc(C(O)(C(F)(F)F)C(F)(F)F)c2)c1. The lowest BCUT2D eigenvalue weighted by Gasteiger charge is -2.32. The summed E-state index contributed by atoms with van der Waals surface area (Å²) in [6.45, 7) is 2.13. The smallest absolute Gasteiger partial charge is 0.430 e. The second-order valence-corrected chi connectivity index (χ2v) is 7.24. The molecule has 1 N–H and O–H groups in total. The van der Waals surface area contributed by atoms with Gasteiger partial charge in [-0.1, -0.05) is 24.3 Å². The number of hydrogen-bond acceptors (Lipinski definition) is 5. The van der Waals surface area contributed by atoms with E-state index in [1.165, 1.54) is 6.07 Å². The summed E-state index contributed by atoms with van der Waals surface area (Å²) in [6, 6.07) is 10.2. The van der Waals surface area contributed by atoms with Crippen LogP contribution in [0.15, 0.2) is 48.5 Å². The van der Waals surface area contributed by atoms with Gasteiger partial charge in [0, 0.05) is 18.4 Å². The van der Waals surface area contributed by atoms with Crippen LogP contribution in [0.5, 0.6) is 11.5 Å². The van der Waals surface area contributed by atoms with Gasteiger partial charge in [0.15, 0.2) is 0 Å². The largest absolute Gasteiger partial charge is 0.493 e. The summed E-state index contributed by atoms with van der Waals surface area (Å²) in [7, 11) is 0. The van der Waals surface area contributed by atoms with Crippen LogP contribution in [-0.2, 0) is 21.6 Å². The molecule has 0 aliphatic rings. The van der Waals surface area contributed by atoms with E-state index in [-0.39, 0.29) is 37.8 Å². The number of halogens is 6. The molecule has 0 unspecified atom stereocenters. The average Bonchev–Trinajstić information content (AvgIpc) is 2.76. The average molecular weight is 494 g/mol. The van der Waals surface area contributed by atoms with Crippen molar-refractivity contribution >= 4 is 5.97 Å². The number of ether oxygens (including phenoxy) is 3. The minimum atomic E-state index is -5.97. The molecule has 0 heterocycles. The molecule has 5 nitrogen and oxygen atoms in total. The topological polar surface area (TPSA) is 65.0 Å². The summed E-state index contributed by atoms with van der Waals surface area (Å²) in [4.78, 5) is 11.4.